The Morgan fingerprint density at radius 1 is 1.28 bits per heavy atom. The molecule has 2 aliphatic rings. The molecule has 0 spiro atoms. The molecular weight excluding hydrogens is 332 g/mol. The number of aryl methyl sites for hydroxylation is 1. The minimum atomic E-state index is 0.359. The van der Waals surface area contributed by atoms with Crippen LogP contribution in [-0.4, -0.2) is 50.9 Å². The van der Waals surface area contributed by atoms with Gasteiger partial charge in [-0.2, -0.15) is 11.3 Å². The number of hydrogen-bond donors (Lipinski definition) is 0. The number of carbonyl (C=O) groups is 1. The highest BCUT2D eigenvalue weighted by Crippen LogP contribution is 2.32. The van der Waals surface area contributed by atoms with E-state index in [0.29, 0.717) is 17.9 Å². The zero-order valence-electron chi connectivity index (χ0n) is 14.6. The molecule has 4 rings (SSSR count). The van der Waals surface area contributed by atoms with Crippen molar-refractivity contribution in [3.8, 4) is 0 Å². The fraction of sp³-hybridized carbons (Fsp3) is 0.579. The van der Waals surface area contributed by atoms with E-state index in [-0.39, 0.29) is 0 Å². The number of thiophene rings is 1. The molecule has 0 unspecified atom stereocenters. The summed E-state index contributed by atoms with van der Waals surface area (Å²) in [5.74, 6) is 0.997. The monoisotopic (exact) mass is 358 g/mol. The summed E-state index contributed by atoms with van der Waals surface area (Å²) in [7, 11) is 0. The lowest BCUT2D eigenvalue weighted by molar-refractivity contribution is -0.141. The number of amides is 1. The molecule has 2 saturated heterocycles. The number of rotatable bonds is 6. The molecule has 6 heteroatoms. The third-order valence-electron chi connectivity index (χ3n) is 5.59. The Morgan fingerprint density at radius 3 is 3.04 bits per heavy atom. The Morgan fingerprint density at radius 2 is 2.24 bits per heavy atom. The number of fused-ring (bicyclic) bond motifs is 1. The van der Waals surface area contributed by atoms with Crippen molar-refractivity contribution in [3.05, 3.63) is 41.1 Å². The molecule has 0 aliphatic carbocycles. The van der Waals surface area contributed by atoms with Crippen molar-refractivity contribution in [2.75, 3.05) is 19.6 Å². The van der Waals surface area contributed by atoms with Crippen LogP contribution in [0.15, 0.2) is 35.5 Å². The lowest BCUT2D eigenvalue weighted by atomic mass is 9.83. The molecule has 0 saturated carbocycles. The van der Waals surface area contributed by atoms with E-state index < -0.39 is 0 Å². The predicted molar refractivity (Wildman–Crippen MR) is 99.3 cm³/mol. The summed E-state index contributed by atoms with van der Waals surface area (Å²) in [6, 6.07) is 2.67. The minimum Gasteiger partial charge on any atom is -0.339 e. The summed E-state index contributed by atoms with van der Waals surface area (Å²) in [6.07, 6.45) is 9.55. The molecule has 2 atom stereocenters. The summed E-state index contributed by atoms with van der Waals surface area (Å²) < 4.78 is 2.09. The van der Waals surface area contributed by atoms with E-state index in [1.54, 1.807) is 11.3 Å². The van der Waals surface area contributed by atoms with Crippen molar-refractivity contribution in [2.45, 2.75) is 44.8 Å². The summed E-state index contributed by atoms with van der Waals surface area (Å²) >= 11 is 1.77. The van der Waals surface area contributed by atoms with Gasteiger partial charge in [-0.3, -0.25) is 9.69 Å². The number of piperidine rings is 2. The highest BCUT2D eigenvalue weighted by Gasteiger charge is 2.38. The van der Waals surface area contributed by atoms with Gasteiger partial charge in [-0.1, -0.05) is 0 Å². The second kappa shape index (κ2) is 7.70. The average molecular weight is 359 g/mol. The van der Waals surface area contributed by atoms with Gasteiger partial charge in [0.15, 0.2) is 0 Å². The molecule has 1 amide bonds. The maximum absolute atomic E-state index is 12.5. The highest BCUT2D eigenvalue weighted by atomic mass is 32.1. The predicted octanol–water partition coefficient (Wildman–Crippen LogP) is 2.85. The van der Waals surface area contributed by atoms with E-state index in [1.165, 1.54) is 5.56 Å². The Labute approximate surface area is 153 Å². The van der Waals surface area contributed by atoms with Crippen LogP contribution >= 0.6 is 11.3 Å². The summed E-state index contributed by atoms with van der Waals surface area (Å²) in [6.45, 7) is 5.10. The van der Waals surface area contributed by atoms with E-state index in [4.69, 9.17) is 0 Å². The molecule has 2 aliphatic heterocycles. The first kappa shape index (κ1) is 16.8. The number of nitrogens with zero attached hydrogens (tertiary/aromatic N) is 4. The quantitative estimate of drug-likeness (QED) is 0.797. The standard InChI is InChI=1S/C19H26N4OS/c24-19-3-2-17-13-22(12-16-5-11-25-14-16)9-4-18(17)23(19)8-1-7-21-10-6-20-15-21/h5-6,10-11,14-15,17-18H,1-4,7-9,12-13H2/t17-,18+/m1/s1. The number of hydrogen-bond acceptors (Lipinski definition) is 4. The maximum Gasteiger partial charge on any atom is 0.222 e. The lowest BCUT2D eigenvalue weighted by Gasteiger charge is -2.47. The Hall–Kier alpha value is -1.66. The lowest BCUT2D eigenvalue weighted by Crippen LogP contribution is -2.56. The van der Waals surface area contributed by atoms with Crippen molar-refractivity contribution in [1.29, 1.82) is 0 Å². The summed E-state index contributed by atoms with van der Waals surface area (Å²) in [5.41, 5.74) is 1.42. The van der Waals surface area contributed by atoms with Crippen LogP contribution < -0.4 is 0 Å². The molecule has 2 fully saturated rings. The fourth-order valence-corrected chi connectivity index (χ4v) is 5.00. The van der Waals surface area contributed by atoms with Gasteiger partial charge >= 0.3 is 0 Å². The number of carbonyl (C=O) groups excluding carboxylic acids is 1. The zero-order chi connectivity index (χ0) is 17.1. The molecule has 4 heterocycles. The first-order chi connectivity index (χ1) is 12.3. The minimum absolute atomic E-state index is 0.359. The van der Waals surface area contributed by atoms with Gasteiger partial charge in [0.05, 0.1) is 6.33 Å². The van der Waals surface area contributed by atoms with Crippen molar-refractivity contribution >= 4 is 17.2 Å². The van der Waals surface area contributed by atoms with E-state index in [1.807, 2.05) is 18.7 Å². The summed E-state index contributed by atoms with van der Waals surface area (Å²) in [4.78, 5) is 21.3. The van der Waals surface area contributed by atoms with Crippen molar-refractivity contribution in [1.82, 2.24) is 19.4 Å². The Balaban J connectivity index is 1.32. The molecule has 0 aromatic carbocycles. The van der Waals surface area contributed by atoms with Crippen molar-refractivity contribution in [3.63, 3.8) is 0 Å². The molecule has 5 nitrogen and oxygen atoms in total. The highest BCUT2D eigenvalue weighted by molar-refractivity contribution is 7.07. The Kier molecular flexibility index (Phi) is 5.17. The van der Waals surface area contributed by atoms with Gasteiger partial charge in [0.1, 0.15) is 0 Å². The molecule has 0 bridgehead atoms. The van der Waals surface area contributed by atoms with Gasteiger partial charge in [-0.25, -0.2) is 4.98 Å². The first-order valence-electron chi connectivity index (χ1n) is 9.28. The van der Waals surface area contributed by atoms with Gasteiger partial charge in [-0.15, -0.1) is 0 Å². The van der Waals surface area contributed by atoms with Gasteiger partial charge in [0.25, 0.3) is 0 Å². The van der Waals surface area contributed by atoms with Crippen LogP contribution in [0.3, 0.4) is 0 Å². The third kappa shape index (κ3) is 3.96. The van der Waals surface area contributed by atoms with Crippen LogP contribution in [0.4, 0.5) is 0 Å². The fourth-order valence-electron chi connectivity index (χ4n) is 4.34. The van der Waals surface area contributed by atoms with E-state index in [0.717, 1.165) is 58.4 Å². The smallest absolute Gasteiger partial charge is 0.222 e. The third-order valence-corrected chi connectivity index (χ3v) is 6.32. The second-order valence-corrected chi connectivity index (χ2v) is 8.04. The molecule has 25 heavy (non-hydrogen) atoms. The van der Waals surface area contributed by atoms with Crippen molar-refractivity contribution in [2.24, 2.45) is 5.92 Å². The maximum atomic E-state index is 12.5. The number of imidazole rings is 1. The van der Waals surface area contributed by atoms with Gasteiger partial charge in [-0.05, 0) is 47.6 Å². The van der Waals surface area contributed by atoms with Crippen molar-refractivity contribution < 1.29 is 4.79 Å². The Bertz CT molecular complexity index is 670. The molecular formula is C19H26N4OS. The average Bonchev–Trinajstić information content (AvgIpc) is 3.31. The largest absolute Gasteiger partial charge is 0.339 e. The zero-order valence-corrected chi connectivity index (χ0v) is 15.4. The SMILES string of the molecule is O=C1CC[C@@H]2CN(Cc3ccsc3)CC[C@@H]2N1CCCn1ccnc1. The van der Waals surface area contributed by atoms with Gasteiger partial charge < -0.3 is 9.47 Å². The first-order valence-corrected chi connectivity index (χ1v) is 10.2. The molecule has 134 valence electrons. The van der Waals surface area contributed by atoms with Crippen LogP contribution in [0.25, 0.3) is 0 Å². The second-order valence-electron chi connectivity index (χ2n) is 7.26. The van der Waals surface area contributed by atoms with Crippen LogP contribution in [0, 0.1) is 5.92 Å². The van der Waals surface area contributed by atoms with E-state index in [9.17, 15) is 4.79 Å². The van der Waals surface area contributed by atoms with E-state index >= 15 is 0 Å². The van der Waals surface area contributed by atoms with Gasteiger partial charge in [0.2, 0.25) is 5.91 Å². The summed E-state index contributed by atoms with van der Waals surface area (Å²) in [5, 5.41) is 4.41. The van der Waals surface area contributed by atoms with Gasteiger partial charge in [0, 0.05) is 57.6 Å². The number of likely N-dealkylation sites (tertiary alicyclic amines) is 2. The normalized spacial score (nSPS) is 24.5. The van der Waals surface area contributed by atoms with Crippen LogP contribution in [0.2, 0.25) is 0 Å². The molecule has 2 aromatic rings. The molecule has 0 radical (unpaired) electrons. The molecule has 2 aromatic heterocycles. The molecule has 0 N–H and O–H groups in total. The number of aromatic nitrogens is 2. The topological polar surface area (TPSA) is 41.4 Å². The van der Waals surface area contributed by atoms with Crippen LogP contribution in [0.1, 0.15) is 31.2 Å². The van der Waals surface area contributed by atoms with Crippen LogP contribution in [-0.2, 0) is 17.9 Å². The van der Waals surface area contributed by atoms with Crippen LogP contribution in [0.5, 0.6) is 0 Å². The van der Waals surface area contributed by atoms with E-state index in [2.05, 4.69) is 36.2 Å².